The number of thiophene rings is 3. The van der Waals surface area contributed by atoms with Crippen LogP contribution in [0.2, 0.25) is 0 Å². The minimum atomic E-state index is -0.571. The smallest absolute Gasteiger partial charge is 0.351 e. The van der Waals surface area contributed by atoms with Crippen LogP contribution in [0.15, 0.2) is 17.0 Å². The number of ether oxygens (including phenoxy) is 1. The van der Waals surface area contributed by atoms with Gasteiger partial charge in [0.05, 0.1) is 16.2 Å². The van der Waals surface area contributed by atoms with Gasteiger partial charge in [0.1, 0.15) is 4.88 Å². The predicted molar refractivity (Wildman–Crippen MR) is 166 cm³/mol. The fraction of sp³-hybridized carbons (Fsp3) is 0.500. The summed E-state index contributed by atoms with van der Waals surface area (Å²) in [5, 5.41) is 1.39. The number of allylic oxidation sites excluding steroid dienone is 2. The number of fused-ring (bicyclic) bond motifs is 1. The third kappa shape index (κ3) is 5.66. The van der Waals surface area contributed by atoms with Crippen LogP contribution < -0.4 is 9.75 Å². The zero-order valence-electron chi connectivity index (χ0n) is 23.0. The third-order valence-corrected chi connectivity index (χ3v) is 12.7. The summed E-state index contributed by atoms with van der Waals surface area (Å²) >= 11 is 9.12. The quantitative estimate of drug-likeness (QED) is 0.181. The van der Waals surface area contributed by atoms with Gasteiger partial charge in [-0.05, 0) is 35.5 Å². The van der Waals surface area contributed by atoms with E-state index < -0.39 is 17.2 Å². The molecule has 0 N–H and O–H groups in total. The predicted octanol–water partition coefficient (Wildman–Crippen LogP) is 9.16. The highest BCUT2D eigenvalue weighted by Crippen LogP contribution is 2.56. The average molecular weight is 579 g/mol. The molecule has 3 aromatic rings. The van der Waals surface area contributed by atoms with Crippen molar-refractivity contribution in [3.8, 4) is 9.75 Å². The van der Waals surface area contributed by atoms with Crippen LogP contribution in [0.4, 0.5) is 4.39 Å². The van der Waals surface area contributed by atoms with E-state index in [1.807, 2.05) is 19.1 Å². The molecule has 2 nitrogen and oxygen atoms in total. The Kier molecular flexibility index (Phi) is 9.58. The Morgan fingerprint density at radius 1 is 1.19 bits per heavy atom. The van der Waals surface area contributed by atoms with Crippen molar-refractivity contribution < 1.29 is 13.9 Å². The topological polar surface area (TPSA) is 26.3 Å². The van der Waals surface area contributed by atoms with Crippen LogP contribution in [-0.2, 0) is 10.2 Å². The lowest BCUT2D eigenvalue weighted by molar-refractivity contribution is 0.0429. The number of esters is 1. The lowest BCUT2D eigenvalue weighted by Crippen LogP contribution is -2.36. The van der Waals surface area contributed by atoms with Crippen LogP contribution in [0.5, 0.6) is 0 Å². The maximum absolute atomic E-state index is 16.2. The Balaban J connectivity index is 2.17. The maximum atomic E-state index is 16.2. The molecule has 0 aliphatic heterocycles. The van der Waals surface area contributed by atoms with Crippen LogP contribution in [0.3, 0.4) is 0 Å². The van der Waals surface area contributed by atoms with E-state index in [0.29, 0.717) is 17.9 Å². The van der Waals surface area contributed by atoms with E-state index in [2.05, 4.69) is 54.7 Å². The molecule has 0 aromatic carbocycles. The fourth-order valence-electron chi connectivity index (χ4n) is 4.41. The zero-order valence-corrected chi connectivity index (χ0v) is 26.4. The SMILES string of the molecule is C=c1cc(-c2sc(C(C)(C)C(C)(C)/C(S)=C/C)c3c(F)c(C(=O)OCC(CC)CCCC)sc23)sc1=C. The van der Waals surface area contributed by atoms with Crippen molar-refractivity contribution in [3.05, 3.63) is 42.4 Å². The van der Waals surface area contributed by atoms with E-state index in [-0.39, 0.29) is 10.3 Å². The van der Waals surface area contributed by atoms with Gasteiger partial charge in [-0.3, -0.25) is 0 Å². The summed E-state index contributed by atoms with van der Waals surface area (Å²) in [7, 11) is 0. The van der Waals surface area contributed by atoms with Crippen LogP contribution in [-0.4, -0.2) is 12.6 Å². The molecule has 0 amide bonds. The maximum Gasteiger partial charge on any atom is 0.351 e. The first-order valence-electron chi connectivity index (χ1n) is 12.9. The van der Waals surface area contributed by atoms with Crippen LogP contribution in [0.1, 0.15) is 88.7 Å². The Labute approximate surface area is 238 Å². The van der Waals surface area contributed by atoms with Crippen molar-refractivity contribution in [2.45, 2.75) is 79.6 Å². The molecule has 0 saturated heterocycles. The largest absolute Gasteiger partial charge is 0.461 e. The molecular weight excluding hydrogens is 540 g/mol. The van der Waals surface area contributed by atoms with Crippen LogP contribution in [0, 0.1) is 17.2 Å². The van der Waals surface area contributed by atoms with Gasteiger partial charge >= 0.3 is 5.97 Å². The molecule has 7 heteroatoms. The molecular formula is C30H39FO2S4. The summed E-state index contributed by atoms with van der Waals surface area (Å²) in [5.41, 5.74) is -0.834. The molecule has 0 saturated carbocycles. The van der Waals surface area contributed by atoms with Gasteiger partial charge in [-0.1, -0.05) is 80.0 Å². The summed E-state index contributed by atoms with van der Waals surface area (Å²) in [6.45, 7) is 23.3. The van der Waals surface area contributed by atoms with Gasteiger partial charge in [0.2, 0.25) is 0 Å². The molecule has 3 heterocycles. The third-order valence-electron chi connectivity index (χ3n) is 7.83. The number of hydrogen-bond donors (Lipinski definition) is 1. The van der Waals surface area contributed by atoms with E-state index in [0.717, 1.165) is 59.7 Å². The van der Waals surface area contributed by atoms with Crippen molar-refractivity contribution in [1.82, 2.24) is 0 Å². The van der Waals surface area contributed by atoms with Gasteiger partial charge in [0.25, 0.3) is 0 Å². The van der Waals surface area contributed by atoms with Crippen molar-refractivity contribution >= 4 is 75.9 Å². The molecule has 0 aliphatic carbocycles. The van der Waals surface area contributed by atoms with Crippen molar-refractivity contribution in [1.29, 1.82) is 0 Å². The minimum Gasteiger partial charge on any atom is -0.461 e. The molecule has 0 fully saturated rings. The normalized spacial score (nSPS) is 13.9. The molecule has 0 bridgehead atoms. The first-order valence-corrected chi connectivity index (χ1v) is 15.8. The molecule has 3 rings (SSSR count). The Bertz CT molecular complexity index is 1380. The summed E-state index contributed by atoms with van der Waals surface area (Å²) in [6.07, 6.45) is 6.14. The van der Waals surface area contributed by atoms with Gasteiger partial charge < -0.3 is 4.74 Å². The molecule has 1 unspecified atom stereocenters. The van der Waals surface area contributed by atoms with E-state index in [1.54, 1.807) is 22.7 Å². The molecule has 0 radical (unpaired) electrons. The summed E-state index contributed by atoms with van der Waals surface area (Å²) < 4.78 is 23.6. The zero-order chi connectivity index (χ0) is 27.7. The number of carbonyl (C=O) groups is 1. The highest BCUT2D eigenvalue weighted by Gasteiger charge is 2.44. The molecule has 0 spiro atoms. The second-order valence-electron chi connectivity index (χ2n) is 10.7. The standard InChI is InChI=1S/C30H39FO2S4/c1-10-13-14-19(11-2)16-33-28(32)26-23(31)22-25(36-26)24(20-15-17(4)18(5)35-20)37-27(22)30(8,9)29(6,7)21(34)12-3/h12,15,19,34H,4-5,10-11,13-14,16H2,1-3,6-9H3/b21-12-. The lowest BCUT2D eigenvalue weighted by Gasteiger charge is -2.42. The second-order valence-corrected chi connectivity index (χ2v) is 14.4. The fourth-order valence-corrected chi connectivity index (χ4v) is 8.56. The van der Waals surface area contributed by atoms with Crippen molar-refractivity contribution in [2.24, 2.45) is 11.3 Å². The number of unbranched alkanes of at least 4 members (excludes halogenated alkanes) is 1. The van der Waals surface area contributed by atoms with Crippen LogP contribution in [0.25, 0.3) is 33.0 Å². The Morgan fingerprint density at radius 3 is 2.41 bits per heavy atom. The first kappa shape index (κ1) is 30.1. The van der Waals surface area contributed by atoms with Gasteiger partial charge in [0.15, 0.2) is 5.82 Å². The lowest BCUT2D eigenvalue weighted by atomic mass is 9.66. The van der Waals surface area contributed by atoms with Crippen molar-refractivity contribution in [3.63, 3.8) is 0 Å². The molecule has 0 aliphatic rings. The van der Waals surface area contributed by atoms with E-state index in [4.69, 9.17) is 17.4 Å². The van der Waals surface area contributed by atoms with E-state index >= 15 is 4.39 Å². The van der Waals surface area contributed by atoms with E-state index in [9.17, 15) is 4.79 Å². The molecule has 37 heavy (non-hydrogen) atoms. The number of thiol groups is 1. The molecule has 202 valence electrons. The summed E-state index contributed by atoms with van der Waals surface area (Å²) in [6, 6.07) is 2.01. The monoisotopic (exact) mass is 578 g/mol. The number of carbonyl (C=O) groups excluding carboxylic acids is 1. The van der Waals surface area contributed by atoms with Gasteiger partial charge in [0, 0.05) is 30.5 Å². The summed E-state index contributed by atoms with van der Waals surface area (Å²) in [5.74, 6) is -0.752. The highest BCUT2D eigenvalue weighted by atomic mass is 32.1. The highest BCUT2D eigenvalue weighted by molar-refractivity contribution is 7.84. The van der Waals surface area contributed by atoms with Gasteiger partial charge in [-0.25, -0.2) is 9.18 Å². The Morgan fingerprint density at radius 2 is 1.86 bits per heavy atom. The first-order chi connectivity index (χ1) is 17.3. The molecule has 3 aromatic heterocycles. The minimum absolute atomic E-state index is 0.0534. The number of hydrogen-bond acceptors (Lipinski definition) is 6. The summed E-state index contributed by atoms with van der Waals surface area (Å²) in [4.78, 5) is 17.0. The number of rotatable bonds is 11. The van der Waals surface area contributed by atoms with Crippen molar-refractivity contribution in [2.75, 3.05) is 6.61 Å². The average Bonchev–Trinajstić information content (AvgIpc) is 3.51. The Hall–Kier alpha value is -1.41. The van der Waals surface area contributed by atoms with Crippen LogP contribution >= 0.6 is 46.6 Å². The molecule has 1 atom stereocenters. The number of halogens is 1. The van der Waals surface area contributed by atoms with E-state index in [1.165, 1.54) is 11.3 Å². The van der Waals surface area contributed by atoms with Gasteiger partial charge in [-0.2, -0.15) is 0 Å². The van der Waals surface area contributed by atoms with Gasteiger partial charge in [-0.15, -0.1) is 46.6 Å². The second kappa shape index (κ2) is 11.8.